The Balaban J connectivity index is 2.71. The van der Waals surface area contributed by atoms with Crippen molar-refractivity contribution >= 4 is 16.9 Å². The lowest BCUT2D eigenvalue weighted by atomic mass is 9.82. The van der Waals surface area contributed by atoms with Crippen molar-refractivity contribution in [1.82, 2.24) is 0 Å². The third-order valence-corrected chi connectivity index (χ3v) is 3.70. The summed E-state index contributed by atoms with van der Waals surface area (Å²) < 4.78 is 0. The summed E-state index contributed by atoms with van der Waals surface area (Å²) in [5, 5.41) is 0.428. The van der Waals surface area contributed by atoms with Crippen molar-refractivity contribution in [3.05, 3.63) is 0 Å². The van der Waals surface area contributed by atoms with E-state index in [1.54, 1.807) is 0 Å². The molecule has 0 saturated carbocycles. The number of carbonyl (C=O) groups is 1. The van der Waals surface area contributed by atoms with Crippen molar-refractivity contribution in [3.8, 4) is 0 Å². The molecule has 1 rings (SSSR count). The van der Waals surface area contributed by atoms with Gasteiger partial charge in [0.25, 0.3) is 0 Å². The first-order valence-corrected chi connectivity index (χ1v) is 4.91. The molecule has 0 unspecified atom stereocenters. The normalized spacial score (nSPS) is 23.6. The zero-order valence-electron chi connectivity index (χ0n) is 6.64. The lowest BCUT2D eigenvalue weighted by Crippen LogP contribution is -2.22. The summed E-state index contributed by atoms with van der Waals surface area (Å²) >= 11 is 1.51. The fraction of sp³-hybridized carbons (Fsp3) is 0.875. The van der Waals surface area contributed by atoms with E-state index in [4.69, 9.17) is 0 Å². The van der Waals surface area contributed by atoms with Crippen LogP contribution in [0.15, 0.2) is 0 Å². The maximum Gasteiger partial charge on any atom is 0.195 e. The maximum absolute atomic E-state index is 11.3. The van der Waals surface area contributed by atoms with Crippen molar-refractivity contribution in [2.45, 2.75) is 33.1 Å². The Morgan fingerprint density at radius 3 is 2.30 bits per heavy atom. The van der Waals surface area contributed by atoms with Crippen LogP contribution in [0, 0.1) is 5.41 Å². The van der Waals surface area contributed by atoms with Gasteiger partial charge in [0.15, 0.2) is 5.12 Å². The Labute approximate surface area is 66.6 Å². The van der Waals surface area contributed by atoms with Crippen LogP contribution in [0.3, 0.4) is 0 Å². The predicted molar refractivity (Wildman–Crippen MR) is 45.1 cm³/mol. The molecule has 0 atom stereocenters. The van der Waals surface area contributed by atoms with Crippen molar-refractivity contribution in [2.75, 3.05) is 5.75 Å². The van der Waals surface area contributed by atoms with Crippen molar-refractivity contribution in [1.29, 1.82) is 0 Å². The molecule has 0 aromatic rings. The molecule has 58 valence electrons. The van der Waals surface area contributed by atoms with E-state index >= 15 is 0 Å². The Morgan fingerprint density at radius 2 is 2.10 bits per heavy atom. The van der Waals surface area contributed by atoms with Gasteiger partial charge in [0.2, 0.25) is 0 Å². The number of hydrogen-bond acceptors (Lipinski definition) is 2. The summed E-state index contributed by atoms with van der Waals surface area (Å²) in [4.78, 5) is 11.3. The molecule has 0 spiro atoms. The molecule has 0 radical (unpaired) electrons. The van der Waals surface area contributed by atoms with Gasteiger partial charge in [0.05, 0.1) is 0 Å². The molecule has 10 heavy (non-hydrogen) atoms. The summed E-state index contributed by atoms with van der Waals surface area (Å²) in [5.74, 6) is 1.04. The van der Waals surface area contributed by atoms with Crippen molar-refractivity contribution < 1.29 is 4.79 Å². The SMILES string of the molecule is CCC1(CC)CCSC1=O. The lowest BCUT2D eigenvalue weighted by Gasteiger charge is -2.21. The van der Waals surface area contributed by atoms with Crippen LogP contribution in [0.1, 0.15) is 33.1 Å². The highest BCUT2D eigenvalue weighted by atomic mass is 32.2. The molecule has 1 fully saturated rings. The highest BCUT2D eigenvalue weighted by molar-refractivity contribution is 8.14. The van der Waals surface area contributed by atoms with E-state index in [0.29, 0.717) is 5.12 Å². The quantitative estimate of drug-likeness (QED) is 0.614. The number of rotatable bonds is 2. The molecule has 0 bridgehead atoms. The van der Waals surface area contributed by atoms with Gasteiger partial charge >= 0.3 is 0 Å². The second kappa shape index (κ2) is 2.95. The summed E-state index contributed by atoms with van der Waals surface area (Å²) in [6.45, 7) is 4.24. The smallest absolute Gasteiger partial charge is 0.195 e. The van der Waals surface area contributed by atoms with Crippen LogP contribution in [-0.4, -0.2) is 10.9 Å². The molecule has 1 saturated heterocycles. The third kappa shape index (κ3) is 1.09. The molecular weight excluding hydrogens is 144 g/mol. The molecule has 1 aliphatic rings. The monoisotopic (exact) mass is 158 g/mol. The molecule has 0 aliphatic carbocycles. The van der Waals surface area contributed by atoms with E-state index in [2.05, 4.69) is 13.8 Å². The molecule has 0 amide bonds. The van der Waals surface area contributed by atoms with Gasteiger partial charge in [0, 0.05) is 11.2 Å². The summed E-state index contributed by atoms with van der Waals surface area (Å²) in [6.07, 6.45) is 3.15. The molecular formula is C8H14OS. The Morgan fingerprint density at radius 1 is 1.50 bits per heavy atom. The maximum atomic E-state index is 11.3. The van der Waals surface area contributed by atoms with Crippen LogP contribution in [0.25, 0.3) is 0 Å². The van der Waals surface area contributed by atoms with E-state index < -0.39 is 0 Å². The van der Waals surface area contributed by atoms with Gasteiger partial charge in [-0.1, -0.05) is 25.6 Å². The van der Waals surface area contributed by atoms with Gasteiger partial charge in [-0.15, -0.1) is 0 Å². The fourth-order valence-electron chi connectivity index (χ4n) is 1.49. The molecule has 2 heteroatoms. The van der Waals surface area contributed by atoms with E-state index in [1.807, 2.05) is 0 Å². The first-order chi connectivity index (χ1) is 4.75. The summed E-state index contributed by atoms with van der Waals surface area (Å²) in [6, 6.07) is 0. The van der Waals surface area contributed by atoms with Crippen LogP contribution in [0.2, 0.25) is 0 Å². The van der Waals surface area contributed by atoms with Gasteiger partial charge in [-0.2, -0.15) is 0 Å². The van der Waals surface area contributed by atoms with Crippen LogP contribution in [0.5, 0.6) is 0 Å². The zero-order chi connectivity index (χ0) is 7.61. The third-order valence-electron chi connectivity index (χ3n) is 2.60. The van der Waals surface area contributed by atoms with Crippen molar-refractivity contribution in [2.24, 2.45) is 5.41 Å². The van der Waals surface area contributed by atoms with Crippen LogP contribution < -0.4 is 0 Å². The first-order valence-electron chi connectivity index (χ1n) is 3.92. The van der Waals surface area contributed by atoms with Crippen LogP contribution in [-0.2, 0) is 4.79 Å². The average molecular weight is 158 g/mol. The van der Waals surface area contributed by atoms with E-state index in [9.17, 15) is 4.79 Å². The Kier molecular flexibility index (Phi) is 2.40. The minimum Gasteiger partial charge on any atom is -0.287 e. The second-order valence-corrected chi connectivity index (χ2v) is 3.94. The average Bonchev–Trinajstić information content (AvgIpc) is 2.32. The second-order valence-electron chi connectivity index (χ2n) is 2.87. The summed E-state index contributed by atoms with van der Waals surface area (Å²) in [7, 11) is 0. The minimum absolute atomic E-state index is 0.0602. The molecule has 1 heterocycles. The van der Waals surface area contributed by atoms with Gasteiger partial charge in [-0.05, 0) is 19.3 Å². The Bertz CT molecular complexity index is 138. The highest BCUT2D eigenvalue weighted by Crippen LogP contribution is 2.42. The molecule has 0 aromatic carbocycles. The minimum atomic E-state index is 0.0602. The van der Waals surface area contributed by atoms with Crippen molar-refractivity contribution in [3.63, 3.8) is 0 Å². The number of carbonyl (C=O) groups excluding carboxylic acids is 1. The van der Waals surface area contributed by atoms with Crippen LogP contribution >= 0.6 is 11.8 Å². The van der Waals surface area contributed by atoms with E-state index in [0.717, 1.165) is 25.0 Å². The van der Waals surface area contributed by atoms with Gasteiger partial charge in [-0.25, -0.2) is 0 Å². The zero-order valence-corrected chi connectivity index (χ0v) is 7.46. The van der Waals surface area contributed by atoms with Crippen LogP contribution in [0.4, 0.5) is 0 Å². The standard InChI is InChI=1S/C8H14OS/c1-3-8(4-2)5-6-10-7(8)9/h3-6H2,1-2H3. The number of thioether (sulfide) groups is 1. The first kappa shape index (κ1) is 8.12. The number of hydrogen-bond donors (Lipinski definition) is 0. The van der Waals surface area contributed by atoms with E-state index in [-0.39, 0.29) is 5.41 Å². The molecule has 1 aliphatic heterocycles. The van der Waals surface area contributed by atoms with Gasteiger partial charge < -0.3 is 0 Å². The molecule has 0 N–H and O–H groups in total. The molecule has 0 aromatic heterocycles. The lowest BCUT2D eigenvalue weighted by molar-refractivity contribution is -0.119. The highest BCUT2D eigenvalue weighted by Gasteiger charge is 2.39. The topological polar surface area (TPSA) is 17.1 Å². The van der Waals surface area contributed by atoms with Gasteiger partial charge in [-0.3, -0.25) is 4.79 Å². The van der Waals surface area contributed by atoms with E-state index in [1.165, 1.54) is 11.8 Å². The fourth-order valence-corrected chi connectivity index (χ4v) is 2.86. The molecule has 1 nitrogen and oxygen atoms in total. The Hall–Kier alpha value is 0.0200. The summed E-state index contributed by atoms with van der Waals surface area (Å²) in [5.41, 5.74) is 0.0602. The largest absolute Gasteiger partial charge is 0.287 e. The van der Waals surface area contributed by atoms with Gasteiger partial charge in [0.1, 0.15) is 0 Å². The predicted octanol–water partition coefficient (Wildman–Crippen LogP) is 2.46.